The van der Waals surface area contributed by atoms with Gasteiger partial charge in [-0.3, -0.25) is 4.79 Å². The number of amides is 1. The standard InChI is InChI=1S/C11H18N2O4/c1-4-5-6-12-9(14)8-7-11(2,17-13-8)10(15)16-3/h4-7H2,1-3H3,(H,12,14)/t11-/m1/s1. The molecular weight excluding hydrogens is 224 g/mol. The molecule has 0 saturated heterocycles. The lowest BCUT2D eigenvalue weighted by Gasteiger charge is -2.17. The Bertz CT molecular complexity index is 340. The molecule has 1 amide bonds. The molecule has 1 rings (SSSR count). The van der Waals surface area contributed by atoms with Gasteiger partial charge in [0.2, 0.25) is 5.60 Å². The number of unbranched alkanes of at least 4 members (excludes halogenated alkanes) is 1. The molecule has 6 heteroatoms. The van der Waals surface area contributed by atoms with Crippen LogP contribution in [0.5, 0.6) is 0 Å². The zero-order valence-corrected chi connectivity index (χ0v) is 10.4. The summed E-state index contributed by atoms with van der Waals surface area (Å²) in [6, 6.07) is 0. The molecule has 17 heavy (non-hydrogen) atoms. The molecule has 1 heterocycles. The van der Waals surface area contributed by atoms with Crippen molar-refractivity contribution in [3.8, 4) is 0 Å². The van der Waals surface area contributed by atoms with E-state index in [2.05, 4.69) is 15.2 Å². The molecule has 0 bridgehead atoms. The fourth-order valence-corrected chi connectivity index (χ4v) is 1.47. The van der Waals surface area contributed by atoms with E-state index in [4.69, 9.17) is 4.84 Å². The van der Waals surface area contributed by atoms with Gasteiger partial charge in [-0.25, -0.2) is 4.79 Å². The number of rotatable bonds is 5. The first-order valence-electron chi connectivity index (χ1n) is 5.65. The summed E-state index contributed by atoms with van der Waals surface area (Å²) in [6.45, 7) is 4.19. The van der Waals surface area contributed by atoms with Crippen LogP contribution in [-0.2, 0) is 19.2 Å². The molecule has 0 aliphatic carbocycles. The maximum absolute atomic E-state index is 11.6. The molecule has 0 spiro atoms. The number of methoxy groups -OCH3 is 1. The van der Waals surface area contributed by atoms with Gasteiger partial charge in [0.15, 0.2) is 0 Å². The number of carbonyl (C=O) groups is 2. The fourth-order valence-electron chi connectivity index (χ4n) is 1.47. The molecule has 0 radical (unpaired) electrons. The highest BCUT2D eigenvalue weighted by atomic mass is 16.7. The first kappa shape index (κ1) is 13.5. The van der Waals surface area contributed by atoms with Crippen molar-refractivity contribution in [1.29, 1.82) is 0 Å². The molecule has 0 aromatic carbocycles. The molecular formula is C11H18N2O4. The maximum atomic E-state index is 11.6. The summed E-state index contributed by atoms with van der Waals surface area (Å²) in [6.07, 6.45) is 2.05. The van der Waals surface area contributed by atoms with Crippen LogP contribution in [0.4, 0.5) is 0 Å². The van der Waals surface area contributed by atoms with Crippen molar-refractivity contribution in [2.24, 2.45) is 5.16 Å². The Morgan fingerprint density at radius 3 is 2.88 bits per heavy atom. The highest BCUT2D eigenvalue weighted by Crippen LogP contribution is 2.24. The average Bonchev–Trinajstić information content (AvgIpc) is 2.72. The van der Waals surface area contributed by atoms with Crippen LogP contribution < -0.4 is 5.32 Å². The Labute approximate surface area is 100 Å². The van der Waals surface area contributed by atoms with Crippen molar-refractivity contribution in [3.05, 3.63) is 0 Å². The molecule has 6 nitrogen and oxygen atoms in total. The van der Waals surface area contributed by atoms with Crippen LogP contribution >= 0.6 is 0 Å². The van der Waals surface area contributed by atoms with Crippen LogP contribution in [0, 0.1) is 0 Å². The second-order valence-corrected chi connectivity index (χ2v) is 4.14. The van der Waals surface area contributed by atoms with E-state index in [0.29, 0.717) is 6.54 Å². The number of carbonyl (C=O) groups excluding carboxylic acids is 2. The third kappa shape index (κ3) is 3.18. The number of ether oxygens (including phenoxy) is 1. The number of esters is 1. The van der Waals surface area contributed by atoms with Gasteiger partial charge in [-0.2, -0.15) is 0 Å². The van der Waals surface area contributed by atoms with E-state index in [0.717, 1.165) is 12.8 Å². The largest absolute Gasteiger partial charge is 0.466 e. The van der Waals surface area contributed by atoms with E-state index in [1.165, 1.54) is 7.11 Å². The zero-order valence-electron chi connectivity index (χ0n) is 10.4. The lowest BCUT2D eigenvalue weighted by atomic mass is 10.00. The van der Waals surface area contributed by atoms with E-state index >= 15 is 0 Å². The molecule has 0 aromatic rings. The van der Waals surface area contributed by atoms with Crippen molar-refractivity contribution in [3.63, 3.8) is 0 Å². The van der Waals surface area contributed by atoms with E-state index in [1.807, 2.05) is 6.92 Å². The topological polar surface area (TPSA) is 77.0 Å². The molecule has 0 unspecified atom stereocenters. The van der Waals surface area contributed by atoms with Crippen molar-refractivity contribution in [2.45, 2.75) is 38.7 Å². The van der Waals surface area contributed by atoms with Gasteiger partial charge in [-0.1, -0.05) is 18.5 Å². The van der Waals surface area contributed by atoms with E-state index in [9.17, 15) is 9.59 Å². The van der Waals surface area contributed by atoms with Gasteiger partial charge in [0.25, 0.3) is 5.91 Å². The molecule has 0 saturated carbocycles. The van der Waals surface area contributed by atoms with Crippen LogP contribution in [0.2, 0.25) is 0 Å². The predicted molar refractivity (Wildman–Crippen MR) is 61.5 cm³/mol. The van der Waals surface area contributed by atoms with Crippen LogP contribution in [0.3, 0.4) is 0 Å². The maximum Gasteiger partial charge on any atom is 0.353 e. The summed E-state index contributed by atoms with van der Waals surface area (Å²) < 4.78 is 4.59. The number of oxime groups is 1. The summed E-state index contributed by atoms with van der Waals surface area (Å²) in [5.74, 6) is -0.816. The second kappa shape index (κ2) is 5.65. The molecule has 1 aliphatic rings. The number of hydrogen-bond donors (Lipinski definition) is 1. The van der Waals surface area contributed by atoms with E-state index in [1.54, 1.807) is 6.92 Å². The van der Waals surface area contributed by atoms with Gasteiger partial charge < -0.3 is 14.9 Å². The minimum absolute atomic E-state index is 0.137. The highest BCUT2D eigenvalue weighted by Gasteiger charge is 2.44. The lowest BCUT2D eigenvalue weighted by Crippen LogP contribution is -2.39. The number of hydrogen-bond acceptors (Lipinski definition) is 5. The lowest BCUT2D eigenvalue weighted by molar-refractivity contribution is -0.164. The smallest absolute Gasteiger partial charge is 0.353 e. The van der Waals surface area contributed by atoms with Crippen molar-refractivity contribution in [1.82, 2.24) is 5.32 Å². The molecule has 0 aromatic heterocycles. The third-order valence-electron chi connectivity index (χ3n) is 2.56. The predicted octanol–water partition coefficient (Wildman–Crippen LogP) is 0.611. The van der Waals surface area contributed by atoms with Crippen LogP contribution in [0.25, 0.3) is 0 Å². The minimum atomic E-state index is -1.17. The number of nitrogens with zero attached hydrogens (tertiary/aromatic N) is 1. The number of nitrogens with one attached hydrogen (secondary N) is 1. The average molecular weight is 242 g/mol. The molecule has 96 valence electrons. The second-order valence-electron chi connectivity index (χ2n) is 4.14. The normalized spacial score (nSPS) is 22.6. The van der Waals surface area contributed by atoms with E-state index in [-0.39, 0.29) is 18.0 Å². The summed E-state index contributed by atoms with van der Waals surface area (Å²) in [5.41, 5.74) is -0.944. The molecule has 1 N–H and O–H groups in total. The van der Waals surface area contributed by atoms with Crippen molar-refractivity contribution in [2.75, 3.05) is 13.7 Å². The third-order valence-corrected chi connectivity index (χ3v) is 2.56. The summed E-state index contributed by atoms with van der Waals surface area (Å²) in [7, 11) is 1.27. The minimum Gasteiger partial charge on any atom is -0.466 e. The zero-order chi connectivity index (χ0) is 12.9. The van der Waals surface area contributed by atoms with Crippen molar-refractivity contribution >= 4 is 17.6 Å². The van der Waals surface area contributed by atoms with Gasteiger partial charge in [-0.15, -0.1) is 0 Å². The Morgan fingerprint density at radius 2 is 2.29 bits per heavy atom. The quantitative estimate of drug-likeness (QED) is 0.566. The van der Waals surface area contributed by atoms with E-state index < -0.39 is 11.6 Å². The monoisotopic (exact) mass is 242 g/mol. The summed E-state index contributed by atoms with van der Waals surface area (Å²) >= 11 is 0. The first-order valence-corrected chi connectivity index (χ1v) is 5.65. The highest BCUT2D eigenvalue weighted by molar-refractivity contribution is 6.39. The summed E-state index contributed by atoms with van der Waals surface area (Å²) in [5, 5.41) is 6.36. The summed E-state index contributed by atoms with van der Waals surface area (Å²) in [4.78, 5) is 28.0. The van der Waals surface area contributed by atoms with Gasteiger partial charge in [0, 0.05) is 6.54 Å². The fraction of sp³-hybridized carbons (Fsp3) is 0.727. The van der Waals surface area contributed by atoms with Crippen molar-refractivity contribution < 1.29 is 19.2 Å². The van der Waals surface area contributed by atoms with Crippen LogP contribution in [-0.4, -0.2) is 36.8 Å². The van der Waals surface area contributed by atoms with Gasteiger partial charge in [-0.05, 0) is 13.3 Å². The first-order chi connectivity index (χ1) is 8.03. The Balaban J connectivity index is 2.49. The van der Waals surface area contributed by atoms with Crippen LogP contribution in [0.15, 0.2) is 5.16 Å². The Hall–Kier alpha value is -1.59. The molecule has 1 atom stereocenters. The molecule has 0 fully saturated rings. The molecule has 1 aliphatic heterocycles. The van der Waals surface area contributed by atoms with Gasteiger partial charge in [0.1, 0.15) is 5.71 Å². The Kier molecular flexibility index (Phi) is 4.48. The SMILES string of the molecule is CCCCNC(=O)C1=NO[C@@](C)(C(=O)OC)C1. The van der Waals surface area contributed by atoms with Crippen LogP contribution in [0.1, 0.15) is 33.1 Å². The van der Waals surface area contributed by atoms with Gasteiger partial charge >= 0.3 is 5.97 Å². The van der Waals surface area contributed by atoms with Gasteiger partial charge in [0.05, 0.1) is 13.5 Å². The Morgan fingerprint density at radius 1 is 1.59 bits per heavy atom.